The van der Waals surface area contributed by atoms with Gasteiger partial charge in [-0.1, -0.05) is 17.7 Å². The summed E-state index contributed by atoms with van der Waals surface area (Å²) in [7, 11) is -1.32. The summed E-state index contributed by atoms with van der Waals surface area (Å²) in [6, 6.07) is 7.55. The molecule has 1 aliphatic heterocycles. The fourth-order valence-corrected chi connectivity index (χ4v) is 2.60. The zero-order valence-corrected chi connectivity index (χ0v) is 12.1. The molecule has 0 spiro atoms. The molecule has 0 bridgehead atoms. The van der Waals surface area contributed by atoms with E-state index in [2.05, 4.69) is 4.40 Å². The second-order valence-corrected chi connectivity index (χ2v) is 5.90. The first-order chi connectivity index (χ1) is 9.09. The largest absolute Gasteiger partial charge is 0.348 e. The topological polar surface area (TPSA) is 47.9 Å². The summed E-state index contributed by atoms with van der Waals surface area (Å²) in [5.74, 6) is -0.503. The van der Waals surface area contributed by atoms with Gasteiger partial charge in [0, 0.05) is 12.6 Å². The van der Waals surface area contributed by atoms with E-state index in [0.29, 0.717) is 19.6 Å². The lowest BCUT2D eigenvalue weighted by atomic mass is 10.2. The van der Waals surface area contributed by atoms with Gasteiger partial charge in [0.1, 0.15) is 0 Å². The van der Waals surface area contributed by atoms with Gasteiger partial charge in [-0.2, -0.15) is 4.40 Å². The Labute approximate surface area is 116 Å². The molecule has 1 aromatic carbocycles. The van der Waals surface area contributed by atoms with E-state index in [1.807, 2.05) is 38.1 Å². The summed E-state index contributed by atoms with van der Waals surface area (Å²) in [6.07, 6.45) is 3.10. The van der Waals surface area contributed by atoms with Crippen LogP contribution in [-0.4, -0.2) is 29.4 Å². The molecule has 4 nitrogen and oxygen atoms in total. The molecule has 104 valence electrons. The average Bonchev–Trinajstić information content (AvgIpc) is 2.83. The van der Waals surface area contributed by atoms with E-state index in [4.69, 9.17) is 9.47 Å². The molecule has 1 unspecified atom stereocenters. The van der Waals surface area contributed by atoms with Crippen LogP contribution in [0.25, 0.3) is 0 Å². The maximum atomic E-state index is 11.9. The zero-order chi connectivity index (χ0) is 13.7. The molecule has 5 heteroatoms. The highest BCUT2D eigenvalue weighted by atomic mass is 32.2. The van der Waals surface area contributed by atoms with Gasteiger partial charge >= 0.3 is 0 Å². The molecule has 2 rings (SSSR count). The Morgan fingerprint density at radius 2 is 1.95 bits per heavy atom. The van der Waals surface area contributed by atoms with Crippen LogP contribution < -0.4 is 0 Å². The third-order valence-electron chi connectivity index (χ3n) is 3.02. The highest BCUT2D eigenvalue weighted by Crippen LogP contribution is 2.23. The van der Waals surface area contributed by atoms with Crippen LogP contribution in [0.3, 0.4) is 0 Å². The SMILES string of the molecule is Cc1ccc(S(=O)/N=C/CCC2(C)OCCO2)cc1. The molecule has 19 heavy (non-hydrogen) atoms. The van der Waals surface area contributed by atoms with Crippen molar-refractivity contribution in [2.75, 3.05) is 13.2 Å². The molecule has 1 heterocycles. The Bertz CT molecular complexity index is 464. The number of rotatable bonds is 5. The first-order valence-electron chi connectivity index (χ1n) is 6.38. The van der Waals surface area contributed by atoms with Crippen molar-refractivity contribution in [1.29, 1.82) is 0 Å². The molecule has 1 aliphatic rings. The molecular formula is C14H19NO3S. The molecule has 0 amide bonds. The summed E-state index contributed by atoms with van der Waals surface area (Å²) < 4.78 is 26.9. The van der Waals surface area contributed by atoms with Gasteiger partial charge in [-0.25, -0.2) is 4.21 Å². The van der Waals surface area contributed by atoms with Gasteiger partial charge < -0.3 is 9.47 Å². The Morgan fingerprint density at radius 3 is 2.58 bits per heavy atom. The second-order valence-electron chi connectivity index (χ2n) is 4.72. The van der Waals surface area contributed by atoms with Crippen molar-refractivity contribution < 1.29 is 13.7 Å². The molecule has 1 saturated heterocycles. The van der Waals surface area contributed by atoms with Crippen molar-refractivity contribution in [3.05, 3.63) is 29.8 Å². The summed E-state index contributed by atoms with van der Waals surface area (Å²) in [6.45, 7) is 5.20. The van der Waals surface area contributed by atoms with E-state index in [1.165, 1.54) is 0 Å². The van der Waals surface area contributed by atoms with E-state index in [0.717, 1.165) is 16.9 Å². The Kier molecular flexibility index (Phi) is 4.85. The third kappa shape index (κ3) is 4.23. The van der Waals surface area contributed by atoms with Gasteiger partial charge in [0.25, 0.3) is 0 Å². The number of aryl methyl sites for hydroxylation is 1. The highest BCUT2D eigenvalue weighted by molar-refractivity contribution is 7.83. The fourth-order valence-electron chi connectivity index (χ4n) is 1.86. The number of hydrogen-bond acceptors (Lipinski definition) is 3. The summed E-state index contributed by atoms with van der Waals surface area (Å²) in [5.41, 5.74) is 1.15. The minimum absolute atomic E-state index is 0.503. The van der Waals surface area contributed by atoms with Crippen LogP contribution in [0.15, 0.2) is 33.6 Å². The molecule has 0 aliphatic carbocycles. The molecular weight excluding hydrogens is 262 g/mol. The lowest BCUT2D eigenvalue weighted by Crippen LogP contribution is -2.25. The molecule has 1 atom stereocenters. The predicted octanol–water partition coefficient (Wildman–Crippen LogP) is 2.63. The molecule has 1 fully saturated rings. The lowest BCUT2D eigenvalue weighted by molar-refractivity contribution is -0.144. The Hall–Kier alpha value is -1.04. The number of nitrogens with zero attached hydrogens (tertiary/aromatic N) is 1. The molecule has 0 radical (unpaired) electrons. The van der Waals surface area contributed by atoms with Gasteiger partial charge in [-0.3, -0.25) is 0 Å². The van der Waals surface area contributed by atoms with Crippen LogP contribution in [0.1, 0.15) is 25.3 Å². The monoisotopic (exact) mass is 281 g/mol. The van der Waals surface area contributed by atoms with Gasteiger partial charge in [0.15, 0.2) is 16.8 Å². The quantitative estimate of drug-likeness (QED) is 0.780. The normalized spacial score (nSPS) is 19.9. The standard InChI is InChI=1S/C14H19NO3S/c1-12-4-6-13(7-5-12)19(16)15-9-3-8-14(2)17-10-11-18-14/h4-7,9H,3,8,10-11H2,1-2H3/b15-9+. The summed E-state index contributed by atoms with van der Waals surface area (Å²) in [4.78, 5) is 0.724. The van der Waals surface area contributed by atoms with E-state index >= 15 is 0 Å². The first-order valence-corrected chi connectivity index (χ1v) is 7.49. The molecule has 0 N–H and O–H groups in total. The maximum absolute atomic E-state index is 11.9. The van der Waals surface area contributed by atoms with Crippen LogP contribution in [0, 0.1) is 6.92 Å². The first kappa shape index (κ1) is 14.4. The minimum Gasteiger partial charge on any atom is -0.348 e. The average molecular weight is 281 g/mol. The zero-order valence-electron chi connectivity index (χ0n) is 11.3. The third-order valence-corrected chi connectivity index (χ3v) is 4.03. The van der Waals surface area contributed by atoms with Crippen LogP contribution in [0.2, 0.25) is 0 Å². The van der Waals surface area contributed by atoms with E-state index in [9.17, 15) is 4.21 Å². The number of benzene rings is 1. The van der Waals surface area contributed by atoms with E-state index < -0.39 is 16.8 Å². The van der Waals surface area contributed by atoms with Gasteiger partial charge in [0.2, 0.25) is 0 Å². The van der Waals surface area contributed by atoms with Gasteiger partial charge in [-0.15, -0.1) is 0 Å². The van der Waals surface area contributed by atoms with Crippen molar-refractivity contribution in [2.45, 2.75) is 37.4 Å². The summed E-state index contributed by atoms with van der Waals surface area (Å²) in [5, 5.41) is 0. The van der Waals surface area contributed by atoms with E-state index in [1.54, 1.807) is 6.21 Å². The van der Waals surface area contributed by atoms with Crippen molar-refractivity contribution in [3.63, 3.8) is 0 Å². The lowest BCUT2D eigenvalue weighted by Gasteiger charge is -2.20. The van der Waals surface area contributed by atoms with Crippen LogP contribution in [-0.2, 0) is 20.5 Å². The number of hydrogen-bond donors (Lipinski definition) is 0. The Balaban J connectivity index is 1.82. The van der Waals surface area contributed by atoms with Crippen molar-refractivity contribution in [3.8, 4) is 0 Å². The number of ether oxygens (including phenoxy) is 2. The molecule has 1 aromatic rings. The Morgan fingerprint density at radius 1 is 1.32 bits per heavy atom. The van der Waals surface area contributed by atoms with Crippen LogP contribution >= 0.6 is 0 Å². The molecule has 0 aromatic heterocycles. The van der Waals surface area contributed by atoms with Gasteiger partial charge in [0.05, 0.1) is 18.1 Å². The molecule has 0 saturated carbocycles. The fraction of sp³-hybridized carbons (Fsp3) is 0.500. The summed E-state index contributed by atoms with van der Waals surface area (Å²) >= 11 is 0. The second kappa shape index (κ2) is 6.41. The van der Waals surface area contributed by atoms with E-state index in [-0.39, 0.29) is 0 Å². The van der Waals surface area contributed by atoms with Crippen LogP contribution in [0.4, 0.5) is 0 Å². The van der Waals surface area contributed by atoms with Crippen LogP contribution in [0.5, 0.6) is 0 Å². The minimum atomic E-state index is -1.32. The highest BCUT2D eigenvalue weighted by Gasteiger charge is 2.29. The van der Waals surface area contributed by atoms with Crippen molar-refractivity contribution in [2.24, 2.45) is 4.40 Å². The maximum Gasteiger partial charge on any atom is 0.172 e. The van der Waals surface area contributed by atoms with Gasteiger partial charge in [-0.05, 0) is 32.4 Å². The smallest absolute Gasteiger partial charge is 0.172 e. The van der Waals surface area contributed by atoms with Crippen molar-refractivity contribution in [1.82, 2.24) is 0 Å². The predicted molar refractivity (Wildman–Crippen MR) is 75.6 cm³/mol. The van der Waals surface area contributed by atoms with Crippen molar-refractivity contribution >= 4 is 17.2 Å².